The number of pyridine rings is 1. The number of piperidine rings is 1. The van der Waals surface area contributed by atoms with Crippen molar-refractivity contribution in [2.45, 2.75) is 12.5 Å². The van der Waals surface area contributed by atoms with Crippen LogP contribution in [0.25, 0.3) is 33.2 Å². The van der Waals surface area contributed by atoms with Gasteiger partial charge in [-0.3, -0.25) is 9.78 Å². The van der Waals surface area contributed by atoms with Crippen LogP contribution in [0.15, 0.2) is 60.8 Å². The number of rotatable bonds is 4. The van der Waals surface area contributed by atoms with E-state index in [1.807, 2.05) is 11.0 Å². The van der Waals surface area contributed by atoms with Gasteiger partial charge in [0.25, 0.3) is 0 Å². The number of phenols is 1. The average Bonchev–Trinajstić information content (AvgIpc) is 2.87. The Morgan fingerprint density at radius 3 is 2.54 bits per heavy atom. The second kappa shape index (κ2) is 9.48. The summed E-state index contributed by atoms with van der Waals surface area (Å²) in [4.78, 5) is 18.6. The molecule has 1 aromatic heterocycles. The molecule has 0 aliphatic carbocycles. The first kappa shape index (κ1) is 24.2. The highest BCUT2D eigenvalue weighted by Crippen LogP contribution is 2.41. The molecule has 1 fully saturated rings. The molecule has 9 heteroatoms. The second-order valence-corrected chi connectivity index (χ2v) is 9.13. The lowest BCUT2D eigenvalue weighted by molar-refractivity contribution is -0.122. The van der Waals surface area contributed by atoms with Crippen LogP contribution < -0.4 is 16.4 Å². The van der Waals surface area contributed by atoms with Gasteiger partial charge in [0.2, 0.25) is 5.91 Å². The highest BCUT2D eigenvalue weighted by molar-refractivity contribution is 6.02. The Bertz CT molecular complexity index is 1560. The molecule has 7 nitrogen and oxygen atoms in total. The molecule has 0 bridgehead atoms. The predicted octanol–water partition coefficient (Wildman–Crippen LogP) is 4.06. The average molecular weight is 500 g/mol. The van der Waals surface area contributed by atoms with Gasteiger partial charge in [-0.25, -0.2) is 8.78 Å². The van der Waals surface area contributed by atoms with Gasteiger partial charge in [-0.15, -0.1) is 0 Å². The quantitative estimate of drug-likeness (QED) is 0.388. The molecule has 1 aliphatic rings. The number of para-hydroxylation sites is 1. The maximum atomic E-state index is 14.2. The molecule has 5 N–H and O–H groups in total. The number of aromatic nitrogens is 1. The molecule has 0 radical (unpaired) electrons. The van der Waals surface area contributed by atoms with Crippen molar-refractivity contribution in [3.8, 4) is 34.1 Å². The number of fused-ring (bicyclic) bond motifs is 1. The molecular weight excluding hydrogens is 476 g/mol. The minimum absolute atomic E-state index is 0.134. The summed E-state index contributed by atoms with van der Waals surface area (Å²) in [5.41, 5.74) is 15.0. The van der Waals surface area contributed by atoms with Gasteiger partial charge in [-0.05, 0) is 47.9 Å². The number of anilines is 1. The van der Waals surface area contributed by atoms with E-state index in [0.717, 1.165) is 6.07 Å². The Balaban J connectivity index is 1.77. The molecule has 2 heterocycles. The van der Waals surface area contributed by atoms with Gasteiger partial charge in [0, 0.05) is 47.9 Å². The number of nitriles is 1. The monoisotopic (exact) mass is 499 g/mol. The van der Waals surface area contributed by atoms with Crippen molar-refractivity contribution in [2.24, 2.45) is 17.4 Å². The summed E-state index contributed by atoms with van der Waals surface area (Å²) in [6.45, 7) is 0.702. The maximum Gasteiger partial charge on any atom is 0.223 e. The summed E-state index contributed by atoms with van der Waals surface area (Å²) in [7, 11) is 0. The summed E-state index contributed by atoms with van der Waals surface area (Å²) in [6, 6.07) is 15.0. The number of nitrogens with two attached hydrogens (primary N) is 2. The van der Waals surface area contributed by atoms with Crippen molar-refractivity contribution in [3.05, 3.63) is 78.0 Å². The molecule has 37 heavy (non-hydrogen) atoms. The predicted molar refractivity (Wildman–Crippen MR) is 136 cm³/mol. The first-order valence-corrected chi connectivity index (χ1v) is 11.7. The van der Waals surface area contributed by atoms with E-state index >= 15 is 0 Å². The SMILES string of the molecule is N#Cc1cccc(-c2ccc3ncc(-c4cc(F)cc(F)c4)c(N4CCC(N)C(C(N)=O)C4)c3c2)c1O. The number of nitrogens with zero attached hydrogens (tertiary/aromatic N) is 3. The lowest BCUT2D eigenvalue weighted by atomic mass is 9.90. The summed E-state index contributed by atoms with van der Waals surface area (Å²) in [6.07, 6.45) is 2.03. The molecule has 2 atom stereocenters. The summed E-state index contributed by atoms with van der Waals surface area (Å²) < 4.78 is 28.4. The third-order valence-corrected chi connectivity index (χ3v) is 6.83. The number of benzene rings is 3. The van der Waals surface area contributed by atoms with Crippen molar-refractivity contribution in [2.75, 3.05) is 18.0 Å². The van der Waals surface area contributed by atoms with Gasteiger partial charge in [0.05, 0.1) is 22.7 Å². The maximum absolute atomic E-state index is 14.2. The summed E-state index contributed by atoms with van der Waals surface area (Å²) in [5.74, 6) is -2.76. The second-order valence-electron chi connectivity index (χ2n) is 9.13. The Morgan fingerprint density at radius 2 is 1.84 bits per heavy atom. The highest BCUT2D eigenvalue weighted by Gasteiger charge is 2.32. The third-order valence-electron chi connectivity index (χ3n) is 6.83. The van der Waals surface area contributed by atoms with Crippen LogP contribution in [0, 0.1) is 28.9 Å². The normalized spacial score (nSPS) is 17.5. The summed E-state index contributed by atoms with van der Waals surface area (Å²) >= 11 is 0. The summed E-state index contributed by atoms with van der Waals surface area (Å²) in [5, 5.41) is 20.6. The Labute approximate surface area is 211 Å². The smallest absolute Gasteiger partial charge is 0.223 e. The third kappa shape index (κ3) is 4.43. The number of carbonyl (C=O) groups is 1. The van der Waals surface area contributed by atoms with Gasteiger partial charge in [0.15, 0.2) is 0 Å². The molecule has 5 rings (SSSR count). The number of primary amides is 1. The fraction of sp³-hybridized carbons (Fsp3) is 0.179. The zero-order chi connectivity index (χ0) is 26.3. The van der Waals surface area contributed by atoms with Gasteiger partial charge in [-0.1, -0.05) is 18.2 Å². The largest absolute Gasteiger partial charge is 0.506 e. The zero-order valence-electron chi connectivity index (χ0n) is 19.7. The number of aromatic hydroxyl groups is 1. The van der Waals surface area contributed by atoms with Crippen LogP contribution >= 0.6 is 0 Å². The molecule has 1 saturated heterocycles. The molecule has 1 aliphatic heterocycles. The van der Waals surface area contributed by atoms with E-state index < -0.39 is 29.5 Å². The topological polar surface area (TPSA) is 129 Å². The van der Waals surface area contributed by atoms with Crippen LogP contribution in [0.1, 0.15) is 12.0 Å². The highest BCUT2D eigenvalue weighted by atomic mass is 19.1. The van der Waals surface area contributed by atoms with E-state index in [1.165, 1.54) is 18.2 Å². The van der Waals surface area contributed by atoms with E-state index in [1.54, 1.807) is 36.5 Å². The molecule has 1 amide bonds. The van der Waals surface area contributed by atoms with Crippen molar-refractivity contribution < 1.29 is 18.7 Å². The van der Waals surface area contributed by atoms with Gasteiger partial charge in [-0.2, -0.15) is 5.26 Å². The van der Waals surface area contributed by atoms with Crippen LogP contribution in [0.5, 0.6) is 5.75 Å². The van der Waals surface area contributed by atoms with E-state index in [0.29, 0.717) is 46.2 Å². The fourth-order valence-electron chi connectivity index (χ4n) is 4.95. The number of hydrogen-bond donors (Lipinski definition) is 3. The number of hydrogen-bond acceptors (Lipinski definition) is 6. The molecule has 186 valence electrons. The zero-order valence-corrected chi connectivity index (χ0v) is 19.7. The fourth-order valence-corrected chi connectivity index (χ4v) is 4.95. The van der Waals surface area contributed by atoms with E-state index in [-0.39, 0.29) is 23.4 Å². The lowest BCUT2D eigenvalue weighted by Gasteiger charge is -2.38. The van der Waals surface area contributed by atoms with Crippen molar-refractivity contribution in [1.82, 2.24) is 4.98 Å². The van der Waals surface area contributed by atoms with E-state index in [4.69, 9.17) is 11.5 Å². The van der Waals surface area contributed by atoms with Crippen molar-refractivity contribution >= 4 is 22.5 Å². The van der Waals surface area contributed by atoms with Crippen LogP contribution in [0.4, 0.5) is 14.5 Å². The lowest BCUT2D eigenvalue weighted by Crippen LogP contribution is -2.52. The number of amides is 1. The number of carbonyl (C=O) groups excluding carboxylic acids is 1. The minimum atomic E-state index is -0.733. The Hall–Kier alpha value is -4.55. The molecule has 0 spiro atoms. The van der Waals surface area contributed by atoms with E-state index in [9.17, 15) is 23.9 Å². The van der Waals surface area contributed by atoms with Gasteiger partial charge in [0.1, 0.15) is 23.5 Å². The van der Waals surface area contributed by atoms with Crippen LogP contribution in [-0.2, 0) is 4.79 Å². The first-order valence-electron chi connectivity index (χ1n) is 11.7. The minimum Gasteiger partial charge on any atom is -0.506 e. The molecular formula is C28H23F2N5O2. The number of phenolic OH excluding ortho intramolecular Hbond substituents is 1. The van der Waals surface area contributed by atoms with E-state index in [2.05, 4.69) is 4.98 Å². The van der Waals surface area contributed by atoms with Crippen LogP contribution in [0.3, 0.4) is 0 Å². The van der Waals surface area contributed by atoms with Crippen LogP contribution in [0.2, 0.25) is 0 Å². The number of halogens is 2. The van der Waals surface area contributed by atoms with Crippen molar-refractivity contribution in [1.29, 1.82) is 5.26 Å². The molecule has 2 unspecified atom stereocenters. The van der Waals surface area contributed by atoms with Gasteiger partial charge >= 0.3 is 0 Å². The molecule has 0 saturated carbocycles. The van der Waals surface area contributed by atoms with Crippen LogP contribution in [-0.4, -0.2) is 35.1 Å². The molecule has 4 aromatic rings. The first-order chi connectivity index (χ1) is 17.8. The van der Waals surface area contributed by atoms with Gasteiger partial charge < -0.3 is 21.5 Å². The Morgan fingerprint density at radius 1 is 1.08 bits per heavy atom. The molecule has 3 aromatic carbocycles. The van der Waals surface area contributed by atoms with Crippen molar-refractivity contribution in [3.63, 3.8) is 0 Å². The Kier molecular flexibility index (Phi) is 6.19. The standard InChI is InChI=1S/C28H23F2N5O2/c29-18-8-17(9-19(30)11-18)22-13-34-25-5-4-15(20-3-1-2-16(12-31)27(20)36)10-21(25)26(22)35-7-6-24(32)23(14-35)28(33)37/h1-5,8-11,13,23-24,36H,6-7,14,32H2,(H2,33,37).